The predicted octanol–water partition coefficient (Wildman–Crippen LogP) is 1.61. The summed E-state index contributed by atoms with van der Waals surface area (Å²) in [5.41, 5.74) is 1.45. The quantitative estimate of drug-likeness (QED) is 0.618. The summed E-state index contributed by atoms with van der Waals surface area (Å²) >= 11 is 0. The molecule has 0 bridgehead atoms. The third-order valence-electron chi connectivity index (χ3n) is 4.05. The zero-order valence-corrected chi connectivity index (χ0v) is 13.0. The van der Waals surface area contributed by atoms with Crippen molar-refractivity contribution >= 4 is 0 Å². The summed E-state index contributed by atoms with van der Waals surface area (Å²) in [4.78, 5) is 0. The normalized spacial score (nSPS) is 12.4. The van der Waals surface area contributed by atoms with E-state index < -0.39 is 24.2 Å². The van der Waals surface area contributed by atoms with Crippen molar-refractivity contribution in [3.05, 3.63) is 69.8 Å². The van der Waals surface area contributed by atoms with Crippen molar-refractivity contribution in [2.75, 3.05) is 13.2 Å². The van der Waals surface area contributed by atoms with E-state index in [0.29, 0.717) is 16.7 Å². The van der Waals surface area contributed by atoms with Crippen molar-refractivity contribution < 1.29 is 29.2 Å². The number of halogens is 2. The number of hydrogen-bond acceptors (Lipinski definition) is 4. The molecule has 130 valence electrons. The zero-order chi connectivity index (χ0) is 17.7. The van der Waals surface area contributed by atoms with Crippen molar-refractivity contribution in [1.82, 2.24) is 0 Å². The summed E-state index contributed by atoms with van der Waals surface area (Å²) in [5, 5.41) is 37.3. The average molecular weight is 338 g/mol. The minimum atomic E-state index is -0.968. The molecule has 0 aromatic heterocycles. The maximum absolute atomic E-state index is 14.5. The summed E-state index contributed by atoms with van der Waals surface area (Å²) in [7, 11) is 0. The molecule has 0 spiro atoms. The van der Waals surface area contributed by atoms with Crippen LogP contribution in [0.4, 0.5) is 8.78 Å². The van der Waals surface area contributed by atoms with Crippen LogP contribution in [0.1, 0.15) is 33.7 Å². The molecule has 0 heterocycles. The first-order chi connectivity index (χ1) is 11.5. The second-order valence-corrected chi connectivity index (χ2v) is 5.52. The average Bonchev–Trinajstić information content (AvgIpc) is 2.59. The Morgan fingerprint density at radius 1 is 0.792 bits per heavy atom. The molecule has 0 saturated carbocycles. The van der Waals surface area contributed by atoms with Crippen LogP contribution < -0.4 is 0 Å². The third-order valence-corrected chi connectivity index (χ3v) is 4.05. The number of benzene rings is 2. The monoisotopic (exact) mass is 338 g/mol. The molecule has 6 heteroatoms. The molecular weight excluding hydrogens is 318 g/mol. The maximum atomic E-state index is 14.5. The van der Waals surface area contributed by atoms with E-state index in [0.717, 1.165) is 6.07 Å². The van der Waals surface area contributed by atoms with Crippen LogP contribution in [0.5, 0.6) is 0 Å². The lowest BCUT2D eigenvalue weighted by atomic mass is 9.87. The Balaban J connectivity index is 2.55. The van der Waals surface area contributed by atoms with Crippen LogP contribution in [0, 0.1) is 11.6 Å². The highest BCUT2D eigenvalue weighted by atomic mass is 19.1. The predicted molar refractivity (Wildman–Crippen MR) is 84.4 cm³/mol. The van der Waals surface area contributed by atoms with E-state index in [1.807, 2.05) is 0 Å². The van der Waals surface area contributed by atoms with Gasteiger partial charge in [-0.05, 0) is 58.5 Å². The fraction of sp³-hybridized carbons (Fsp3) is 0.333. The van der Waals surface area contributed by atoms with Crippen LogP contribution in [0.25, 0.3) is 0 Å². The second-order valence-electron chi connectivity index (χ2n) is 5.52. The molecule has 1 unspecified atom stereocenters. The van der Waals surface area contributed by atoms with Crippen molar-refractivity contribution in [1.29, 1.82) is 0 Å². The minimum Gasteiger partial charge on any atom is -0.396 e. The van der Waals surface area contributed by atoms with Crippen molar-refractivity contribution in [3.63, 3.8) is 0 Å². The molecule has 24 heavy (non-hydrogen) atoms. The topological polar surface area (TPSA) is 80.9 Å². The standard InChI is InChI=1S/C18H20F2O4/c19-17-2-1-11(8-22)5-14(17)16(10-24)15-6-13(9-23)12(3-4-21)7-18(15)20/h1-2,5-7,16,21-24H,3-4,8-10H2. The Kier molecular flexibility index (Phi) is 6.39. The van der Waals surface area contributed by atoms with E-state index in [-0.39, 0.29) is 37.4 Å². The van der Waals surface area contributed by atoms with Gasteiger partial charge in [0.2, 0.25) is 0 Å². The number of hydrogen-bond donors (Lipinski definition) is 4. The molecule has 2 rings (SSSR count). The van der Waals surface area contributed by atoms with Crippen LogP contribution in [0.15, 0.2) is 30.3 Å². The lowest BCUT2D eigenvalue weighted by Crippen LogP contribution is -2.13. The molecule has 0 saturated heterocycles. The molecule has 0 fully saturated rings. The molecule has 2 aromatic rings. The number of rotatable bonds is 7. The molecule has 0 amide bonds. The molecular formula is C18H20F2O4. The lowest BCUT2D eigenvalue weighted by Gasteiger charge is -2.20. The summed E-state index contributed by atoms with van der Waals surface area (Å²) in [6, 6.07) is 6.53. The SMILES string of the molecule is OCCc1cc(F)c(C(CO)c2cc(CO)ccc2F)cc1CO. The van der Waals surface area contributed by atoms with Gasteiger partial charge in [0.05, 0.1) is 19.8 Å². The minimum absolute atomic E-state index is 0.0530. The molecule has 0 radical (unpaired) electrons. The first-order valence-electron chi connectivity index (χ1n) is 7.58. The van der Waals surface area contributed by atoms with Crippen LogP contribution in [-0.4, -0.2) is 33.6 Å². The van der Waals surface area contributed by atoms with Gasteiger partial charge in [0.15, 0.2) is 0 Å². The Hall–Kier alpha value is -1.86. The Bertz CT molecular complexity index is 704. The van der Waals surface area contributed by atoms with E-state index in [9.17, 15) is 24.1 Å². The largest absolute Gasteiger partial charge is 0.396 e. The first kappa shape index (κ1) is 18.5. The van der Waals surface area contributed by atoms with Gasteiger partial charge in [0.1, 0.15) is 11.6 Å². The molecule has 1 atom stereocenters. The van der Waals surface area contributed by atoms with Crippen LogP contribution >= 0.6 is 0 Å². The van der Waals surface area contributed by atoms with E-state index in [4.69, 9.17) is 5.11 Å². The van der Waals surface area contributed by atoms with Crippen LogP contribution in [0.3, 0.4) is 0 Å². The van der Waals surface area contributed by atoms with Gasteiger partial charge in [-0.15, -0.1) is 0 Å². The van der Waals surface area contributed by atoms with Gasteiger partial charge in [-0.1, -0.05) is 6.07 Å². The number of aliphatic hydroxyl groups excluding tert-OH is 4. The molecule has 4 N–H and O–H groups in total. The Morgan fingerprint density at radius 3 is 2.08 bits per heavy atom. The highest BCUT2D eigenvalue weighted by Crippen LogP contribution is 2.31. The molecule has 0 aliphatic heterocycles. The number of aliphatic hydroxyl groups is 4. The zero-order valence-electron chi connectivity index (χ0n) is 13.0. The van der Waals surface area contributed by atoms with E-state index in [1.165, 1.54) is 24.3 Å². The van der Waals surface area contributed by atoms with Crippen molar-refractivity contribution in [3.8, 4) is 0 Å². The highest BCUT2D eigenvalue weighted by Gasteiger charge is 2.22. The molecule has 4 nitrogen and oxygen atoms in total. The van der Waals surface area contributed by atoms with Crippen LogP contribution in [-0.2, 0) is 19.6 Å². The van der Waals surface area contributed by atoms with Gasteiger partial charge in [-0.25, -0.2) is 8.78 Å². The first-order valence-corrected chi connectivity index (χ1v) is 7.58. The third kappa shape index (κ3) is 3.79. The van der Waals surface area contributed by atoms with Crippen molar-refractivity contribution in [2.45, 2.75) is 25.6 Å². The highest BCUT2D eigenvalue weighted by molar-refractivity contribution is 5.41. The maximum Gasteiger partial charge on any atom is 0.127 e. The van der Waals surface area contributed by atoms with E-state index in [1.54, 1.807) is 0 Å². The van der Waals surface area contributed by atoms with E-state index >= 15 is 0 Å². The Morgan fingerprint density at radius 2 is 1.50 bits per heavy atom. The fourth-order valence-corrected chi connectivity index (χ4v) is 2.77. The van der Waals surface area contributed by atoms with E-state index in [2.05, 4.69) is 0 Å². The molecule has 0 aliphatic rings. The lowest BCUT2D eigenvalue weighted by molar-refractivity contribution is 0.269. The Labute approximate surface area is 138 Å². The van der Waals surface area contributed by atoms with Crippen LogP contribution in [0.2, 0.25) is 0 Å². The summed E-state index contributed by atoms with van der Waals surface area (Å²) in [6.45, 7) is -1.39. The van der Waals surface area contributed by atoms with Gasteiger partial charge in [0.25, 0.3) is 0 Å². The smallest absolute Gasteiger partial charge is 0.127 e. The molecule has 0 aliphatic carbocycles. The van der Waals surface area contributed by atoms with Gasteiger partial charge < -0.3 is 20.4 Å². The van der Waals surface area contributed by atoms with Crippen molar-refractivity contribution in [2.24, 2.45) is 0 Å². The van der Waals surface area contributed by atoms with Gasteiger partial charge in [0, 0.05) is 12.5 Å². The second kappa shape index (κ2) is 8.30. The summed E-state index contributed by atoms with van der Waals surface area (Å²) < 4.78 is 28.6. The molecule has 2 aromatic carbocycles. The summed E-state index contributed by atoms with van der Waals surface area (Å²) in [5.74, 6) is -2.23. The fourth-order valence-electron chi connectivity index (χ4n) is 2.77. The van der Waals surface area contributed by atoms with Gasteiger partial charge in [-0.3, -0.25) is 0 Å². The van der Waals surface area contributed by atoms with Gasteiger partial charge in [-0.2, -0.15) is 0 Å². The summed E-state index contributed by atoms with van der Waals surface area (Å²) in [6.07, 6.45) is 0.186. The van der Waals surface area contributed by atoms with Gasteiger partial charge >= 0.3 is 0 Å².